The van der Waals surface area contributed by atoms with Gasteiger partial charge in [-0.2, -0.15) is 0 Å². The maximum Gasteiger partial charge on any atom is 0.244 e. The Hall–Kier alpha value is -2.31. The molecule has 1 saturated carbocycles. The van der Waals surface area contributed by atoms with Crippen molar-refractivity contribution in [3.05, 3.63) is 29.8 Å². The number of fused-ring (bicyclic) bond motifs is 1. The smallest absolute Gasteiger partial charge is 0.244 e. The van der Waals surface area contributed by atoms with Crippen molar-refractivity contribution in [1.82, 2.24) is 4.90 Å². The number of amides is 3. The van der Waals surface area contributed by atoms with E-state index in [1.165, 1.54) is 0 Å². The van der Waals surface area contributed by atoms with Gasteiger partial charge in [-0.05, 0) is 25.0 Å². The molecule has 7 heteroatoms. The summed E-state index contributed by atoms with van der Waals surface area (Å²) in [7, 11) is 0. The molecule has 1 aromatic rings. The van der Waals surface area contributed by atoms with Crippen molar-refractivity contribution in [2.45, 2.75) is 25.7 Å². The molecule has 1 aromatic carbocycles. The molecule has 2 fully saturated rings. The lowest BCUT2D eigenvalue weighted by Crippen LogP contribution is -2.38. The van der Waals surface area contributed by atoms with E-state index in [1.807, 2.05) is 0 Å². The summed E-state index contributed by atoms with van der Waals surface area (Å²) in [5.74, 6) is -3.56. The monoisotopic (exact) mass is 322 g/mol. The molecule has 3 amide bonds. The SMILES string of the molecule is O=C(CN1C(=O)C2CCCCC2C1=O)Nc1cc(F)ccc1F. The van der Waals surface area contributed by atoms with E-state index in [-0.39, 0.29) is 29.3 Å². The minimum Gasteiger partial charge on any atom is -0.322 e. The zero-order chi connectivity index (χ0) is 16.6. The minimum absolute atomic E-state index is 0.313. The molecular weight excluding hydrogens is 306 g/mol. The van der Waals surface area contributed by atoms with Gasteiger partial charge in [0.1, 0.15) is 18.2 Å². The van der Waals surface area contributed by atoms with Crippen LogP contribution in [0.5, 0.6) is 0 Å². The molecule has 1 N–H and O–H groups in total. The Balaban J connectivity index is 1.69. The second-order valence-electron chi connectivity index (χ2n) is 5.93. The number of nitrogens with one attached hydrogen (secondary N) is 1. The summed E-state index contributed by atoms with van der Waals surface area (Å²) in [4.78, 5) is 37.4. The standard InChI is InChI=1S/C16H16F2N2O3/c17-9-5-6-12(18)13(7-9)19-14(21)8-20-15(22)10-3-1-2-4-11(10)16(20)23/h5-7,10-11H,1-4,8H2,(H,19,21). The van der Waals surface area contributed by atoms with Gasteiger partial charge in [-0.25, -0.2) is 8.78 Å². The van der Waals surface area contributed by atoms with Crippen LogP contribution in [0.15, 0.2) is 18.2 Å². The Morgan fingerprint density at radius 1 is 1.13 bits per heavy atom. The number of benzene rings is 1. The summed E-state index contributed by atoms with van der Waals surface area (Å²) in [6.45, 7) is -0.472. The molecule has 0 radical (unpaired) electrons. The van der Waals surface area contributed by atoms with Crippen LogP contribution in [0.4, 0.5) is 14.5 Å². The number of carbonyl (C=O) groups is 3. The molecule has 1 saturated heterocycles. The number of halogens is 2. The van der Waals surface area contributed by atoms with Gasteiger partial charge in [0.15, 0.2) is 0 Å². The van der Waals surface area contributed by atoms with Gasteiger partial charge in [0.25, 0.3) is 0 Å². The molecule has 0 spiro atoms. The Kier molecular flexibility index (Phi) is 4.11. The molecule has 1 heterocycles. The van der Waals surface area contributed by atoms with E-state index in [2.05, 4.69) is 5.32 Å². The topological polar surface area (TPSA) is 66.5 Å². The van der Waals surface area contributed by atoms with Gasteiger partial charge >= 0.3 is 0 Å². The van der Waals surface area contributed by atoms with Crippen LogP contribution in [0.3, 0.4) is 0 Å². The van der Waals surface area contributed by atoms with Crippen molar-refractivity contribution in [2.75, 3.05) is 11.9 Å². The predicted octanol–water partition coefficient (Wildman–Crippen LogP) is 2.08. The van der Waals surface area contributed by atoms with Crippen molar-refractivity contribution < 1.29 is 23.2 Å². The molecule has 1 aliphatic carbocycles. The van der Waals surface area contributed by atoms with E-state index < -0.39 is 24.1 Å². The van der Waals surface area contributed by atoms with Gasteiger partial charge in [-0.1, -0.05) is 12.8 Å². The van der Waals surface area contributed by atoms with Gasteiger partial charge in [-0.3, -0.25) is 19.3 Å². The number of hydrogen-bond donors (Lipinski definition) is 1. The van der Waals surface area contributed by atoms with Crippen molar-refractivity contribution in [2.24, 2.45) is 11.8 Å². The number of imide groups is 1. The third kappa shape index (κ3) is 2.95. The Morgan fingerprint density at radius 2 is 1.74 bits per heavy atom. The molecule has 2 unspecified atom stereocenters. The molecule has 5 nitrogen and oxygen atoms in total. The highest BCUT2D eigenvalue weighted by atomic mass is 19.1. The van der Waals surface area contributed by atoms with Crippen molar-refractivity contribution >= 4 is 23.4 Å². The summed E-state index contributed by atoms with van der Waals surface area (Å²) < 4.78 is 26.6. The quantitative estimate of drug-likeness (QED) is 0.867. The molecule has 3 rings (SSSR count). The van der Waals surface area contributed by atoms with Gasteiger partial charge in [0.2, 0.25) is 17.7 Å². The zero-order valence-corrected chi connectivity index (χ0v) is 12.4. The molecule has 1 aliphatic heterocycles. The summed E-state index contributed by atoms with van der Waals surface area (Å²) in [5, 5.41) is 2.20. The van der Waals surface area contributed by atoms with E-state index >= 15 is 0 Å². The molecule has 2 aliphatic rings. The lowest BCUT2D eigenvalue weighted by molar-refractivity contribution is -0.142. The molecule has 0 bridgehead atoms. The predicted molar refractivity (Wildman–Crippen MR) is 77.2 cm³/mol. The Bertz CT molecular complexity index is 653. The van der Waals surface area contributed by atoms with Crippen LogP contribution in [0.2, 0.25) is 0 Å². The molecule has 122 valence electrons. The summed E-state index contributed by atoms with van der Waals surface area (Å²) in [5.41, 5.74) is -0.313. The van der Waals surface area contributed by atoms with Gasteiger partial charge in [-0.15, -0.1) is 0 Å². The third-order valence-corrected chi connectivity index (χ3v) is 4.44. The minimum atomic E-state index is -0.785. The van der Waals surface area contributed by atoms with Gasteiger partial charge < -0.3 is 5.32 Å². The average Bonchev–Trinajstić information content (AvgIpc) is 2.76. The van der Waals surface area contributed by atoms with Crippen LogP contribution >= 0.6 is 0 Å². The highest BCUT2D eigenvalue weighted by Crippen LogP contribution is 2.37. The first-order valence-corrected chi connectivity index (χ1v) is 7.57. The summed E-state index contributed by atoms with van der Waals surface area (Å²) in [6.07, 6.45) is 3.11. The second-order valence-corrected chi connectivity index (χ2v) is 5.93. The first-order valence-electron chi connectivity index (χ1n) is 7.57. The van der Waals surface area contributed by atoms with Crippen LogP contribution < -0.4 is 5.32 Å². The van der Waals surface area contributed by atoms with E-state index in [1.54, 1.807) is 0 Å². The van der Waals surface area contributed by atoms with E-state index in [4.69, 9.17) is 0 Å². The Morgan fingerprint density at radius 3 is 2.35 bits per heavy atom. The maximum atomic E-state index is 13.5. The number of rotatable bonds is 3. The molecule has 2 atom stereocenters. The fourth-order valence-electron chi connectivity index (χ4n) is 3.31. The lowest BCUT2D eigenvalue weighted by Gasteiger charge is -2.19. The summed E-state index contributed by atoms with van der Waals surface area (Å²) >= 11 is 0. The van der Waals surface area contributed by atoms with Crippen LogP contribution in [0.25, 0.3) is 0 Å². The highest BCUT2D eigenvalue weighted by molar-refractivity contribution is 6.08. The van der Waals surface area contributed by atoms with E-state index in [0.717, 1.165) is 35.9 Å². The van der Waals surface area contributed by atoms with Crippen LogP contribution in [-0.4, -0.2) is 29.2 Å². The molecule has 23 heavy (non-hydrogen) atoms. The number of likely N-dealkylation sites (tertiary alicyclic amines) is 1. The van der Waals surface area contributed by atoms with E-state index in [0.29, 0.717) is 12.8 Å². The van der Waals surface area contributed by atoms with Crippen LogP contribution in [-0.2, 0) is 14.4 Å². The van der Waals surface area contributed by atoms with Crippen molar-refractivity contribution in [3.63, 3.8) is 0 Å². The maximum absolute atomic E-state index is 13.5. The van der Waals surface area contributed by atoms with Crippen LogP contribution in [0, 0.1) is 23.5 Å². The Labute approximate surface area is 131 Å². The fraction of sp³-hybridized carbons (Fsp3) is 0.438. The molecular formula is C16H16F2N2O3. The number of hydrogen-bond acceptors (Lipinski definition) is 3. The third-order valence-electron chi connectivity index (χ3n) is 4.44. The van der Waals surface area contributed by atoms with Gasteiger partial charge in [0, 0.05) is 6.07 Å². The van der Waals surface area contributed by atoms with Gasteiger partial charge in [0.05, 0.1) is 17.5 Å². The average molecular weight is 322 g/mol. The lowest BCUT2D eigenvalue weighted by atomic mass is 9.81. The number of nitrogens with zero attached hydrogens (tertiary/aromatic N) is 1. The number of carbonyl (C=O) groups excluding carboxylic acids is 3. The highest BCUT2D eigenvalue weighted by Gasteiger charge is 2.48. The van der Waals surface area contributed by atoms with Crippen LogP contribution in [0.1, 0.15) is 25.7 Å². The number of anilines is 1. The van der Waals surface area contributed by atoms with Crippen molar-refractivity contribution in [1.29, 1.82) is 0 Å². The first kappa shape index (κ1) is 15.6. The van der Waals surface area contributed by atoms with E-state index in [9.17, 15) is 23.2 Å². The molecule has 0 aromatic heterocycles. The van der Waals surface area contributed by atoms with Crippen molar-refractivity contribution in [3.8, 4) is 0 Å². The zero-order valence-electron chi connectivity index (χ0n) is 12.4. The first-order chi connectivity index (χ1) is 11.0. The fourth-order valence-corrected chi connectivity index (χ4v) is 3.31. The largest absolute Gasteiger partial charge is 0.322 e. The second kappa shape index (κ2) is 6.06. The normalized spacial score (nSPS) is 23.8. The summed E-state index contributed by atoms with van der Waals surface area (Å²) in [6, 6.07) is 2.68.